The standard InChI is InChI=1S/C22H26N2O4S/c1-14(2)28-16-9-7-15(8-10-16)19-18(20(25)17-6-5-13-29-17)21(26)22(27)24(19)12-11-23(3)4/h5-10,13-14,19,26H,11-12H2,1-4H3/t19-/m0/s1. The Morgan fingerprint density at radius 2 is 1.93 bits per heavy atom. The third-order valence-electron chi connectivity index (χ3n) is 4.65. The summed E-state index contributed by atoms with van der Waals surface area (Å²) >= 11 is 1.29. The first-order valence-electron chi connectivity index (χ1n) is 9.53. The van der Waals surface area contributed by atoms with Crippen LogP contribution in [0, 0.1) is 0 Å². The van der Waals surface area contributed by atoms with Crippen LogP contribution in [-0.2, 0) is 4.79 Å². The first-order chi connectivity index (χ1) is 13.8. The molecular formula is C22H26N2O4S. The van der Waals surface area contributed by atoms with Gasteiger partial charge < -0.3 is 19.6 Å². The van der Waals surface area contributed by atoms with Gasteiger partial charge in [-0.25, -0.2) is 0 Å². The van der Waals surface area contributed by atoms with Gasteiger partial charge in [0.05, 0.1) is 22.6 Å². The Kier molecular flexibility index (Phi) is 6.39. The summed E-state index contributed by atoms with van der Waals surface area (Å²) in [5.41, 5.74) is 0.894. The maximum absolute atomic E-state index is 13.1. The number of aliphatic hydroxyl groups excluding tert-OH is 1. The van der Waals surface area contributed by atoms with Crippen molar-refractivity contribution in [2.75, 3.05) is 27.2 Å². The Bertz CT molecular complexity index is 901. The van der Waals surface area contributed by atoms with E-state index in [0.29, 0.717) is 23.7 Å². The molecule has 2 heterocycles. The second kappa shape index (κ2) is 8.80. The summed E-state index contributed by atoms with van der Waals surface area (Å²) in [5, 5.41) is 12.4. The quantitative estimate of drug-likeness (QED) is 0.668. The van der Waals surface area contributed by atoms with Gasteiger partial charge in [0.25, 0.3) is 5.91 Å². The van der Waals surface area contributed by atoms with Crippen molar-refractivity contribution in [2.24, 2.45) is 0 Å². The fourth-order valence-corrected chi connectivity index (χ4v) is 3.99. The zero-order valence-corrected chi connectivity index (χ0v) is 17.9. The van der Waals surface area contributed by atoms with Crippen LogP contribution in [0.5, 0.6) is 5.75 Å². The molecular weight excluding hydrogens is 388 g/mol. The van der Waals surface area contributed by atoms with Gasteiger partial charge in [-0.3, -0.25) is 9.59 Å². The zero-order chi connectivity index (χ0) is 21.1. The summed E-state index contributed by atoms with van der Waals surface area (Å²) in [6, 6.07) is 10.2. The van der Waals surface area contributed by atoms with Crippen LogP contribution in [-0.4, -0.2) is 59.9 Å². The largest absolute Gasteiger partial charge is 0.503 e. The highest BCUT2D eigenvalue weighted by Crippen LogP contribution is 2.39. The van der Waals surface area contributed by atoms with Crippen LogP contribution in [0.15, 0.2) is 53.1 Å². The van der Waals surface area contributed by atoms with Gasteiger partial charge in [-0.15, -0.1) is 11.3 Å². The number of thiophene rings is 1. The molecule has 0 fully saturated rings. The topological polar surface area (TPSA) is 70.1 Å². The number of likely N-dealkylation sites (N-methyl/N-ethyl adjacent to an activating group) is 1. The summed E-state index contributed by atoms with van der Waals surface area (Å²) in [6.07, 6.45) is 0.0467. The summed E-state index contributed by atoms with van der Waals surface area (Å²) in [6.45, 7) is 4.91. The molecule has 154 valence electrons. The molecule has 29 heavy (non-hydrogen) atoms. The molecule has 0 spiro atoms. The number of carbonyl (C=O) groups is 2. The number of ether oxygens (including phenoxy) is 1. The van der Waals surface area contributed by atoms with E-state index in [1.807, 2.05) is 57.1 Å². The van der Waals surface area contributed by atoms with Gasteiger partial charge in [-0.2, -0.15) is 0 Å². The minimum absolute atomic E-state index is 0.0467. The van der Waals surface area contributed by atoms with Crippen molar-refractivity contribution < 1.29 is 19.4 Å². The van der Waals surface area contributed by atoms with Crippen LogP contribution in [0.25, 0.3) is 0 Å². The van der Waals surface area contributed by atoms with Crippen LogP contribution >= 0.6 is 11.3 Å². The van der Waals surface area contributed by atoms with Crippen LogP contribution < -0.4 is 4.74 Å². The summed E-state index contributed by atoms with van der Waals surface area (Å²) in [7, 11) is 3.83. The first kappa shape index (κ1) is 21.1. The summed E-state index contributed by atoms with van der Waals surface area (Å²) in [5.74, 6) is -0.577. The molecule has 1 atom stereocenters. The fourth-order valence-electron chi connectivity index (χ4n) is 3.31. The molecule has 0 bridgehead atoms. The van der Waals surface area contributed by atoms with Gasteiger partial charge in [0.1, 0.15) is 5.75 Å². The van der Waals surface area contributed by atoms with Gasteiger partial charge in [-0.05, 0) is 57.1 Å². The lowest BCUT2D eigenvalue weighted by molar-refractivity contribution is -0.129. The molecule has 1 aliphatic heterocycles. The molecule has 1 aromatic heterocycles. The second-order valence-electron chi connectivity index (χ2n) is 7.51. The molecule has 1 amide bonds. The van der Waals surface area contributed by atoms with E-state index in [1.165, 1.54) is 11.3 Å². The predicted molar refractivity (Wildman–Crippen MR) is 114 cm³/mol. The lowest BCUT2D eigenvalue weighted by Gasteiger charge is -2.28. The fraction of sp³-hybridized carbons (Fsp3) is 0.364. The van der Waals surface area contributed by atoms with Crippen molar-refractivity contribution in [1.82, 2.24) is 9.80 Å². The Morgan fingerprint density at radius 1 is 1.24 bits per heavy atom. The van der Waals surface area contributed by atoms with Crippen LogP contribution in [0.3, 0.4) is 0 Å². The summed E-state index contributed by atoms with van der Waals surface area (Å²) < 4.78 is 5.70. The highest BCUT2D eigenvalue weighted by atomic mass is 32.1. The monoisotopic (exact) mass is 414 g/mol. The number of hydrogen-bond donors (Lipinski definition) is 1. The Labute approximate surface area is 175 Å². The molecule has 1 aliphatic rings. The summed E-state index contributed by atoms with van der Waals surface area (Å²) in [4.78, 5) is 30.0. The van der Waals surface area contributed by atoms with Gasteiger partial charge in [0.2, 0.25) is 5.78 Å². The molecule has 6 nitrogen and oxygen atoms in total. The first-order valence-corrected chi connectivity index (χ1v) is 10.4. The van der Waals surface area contributed by atoms with E-state index in [2.05, 4.69) is 0 Å². The van der Waals surface area contributed by atoms with E-state index in [0.717, 1.165) is 5.56 Å². The van der Waals surface area contributed by atoms with Crippen molar-refractivity contribution in [3.05, 3.63) is 63.6 Å². The van der Waals surface area contributed by atoms with Crippen molar-refractivity contribution in [3.63, 3.8) is 0 Å². The minimum Gasteiger partial charge on any atom is -0.503 e. The van der Waals surface area contributed by atoms with E-state index in [1.54, 1.807) is 22.4 Å². The third-order valence-corrected chi connectivity index (χ3v) is 5.52. The number of ketones is 1. The molecule has 0 unspecified atom stereocenters. The second-order valence-corrected chi connectivity index (χ2v) is 8.46. The number of rotatable bonds is 8. The molecule has 0 saturated heterocycles. The highest BCUT2D eigenvalue weighted by molar-refractivity contribution is 7.12. The van der Waals surface area contributed by atoms with E-state index < -0.39 is 17.7 Å². The lowest BCUT2D eigenvalue weighted by atomic mass is 9.95. The SMILES string of the molecule is CC(C)Oc1ccc([C@H]2C(C(=O)c3cccs3)=C(O)C(=O)N2CCN(C)C)cc1. The smallest absolute Gasteiger partial charge is 0.290 e. The predicted octanol–water partition coefficient (Wildman–Crippen LogP) is 3.68. The van der Waals surface area contributed by atoms with E-state index in [4.69, 9.17) is 4.74 Å². The van der Waals surface area contributed by atoms with Gasteiger partial charge in [0.15, 0.2) is 5.76 Å². The molecule has 7 heteroatoms. The van der Waals surface area contributed by atoms with E-state index >= 15 is 0 Å². The number of aliphatic hydroxyl groups is 1. The molecule has 0 aliphatic carbocycles. The average Bonchev–Trinajstić information content (AvgIpc) is 3.28. The Hall–Kier alpha value is -2.64. The Morgan fingerprint density at radius 3 is 2.48 bits per heavy atom. The van der Waals surface area contributed by atoms with Gasteiger partial charge in [-0.1, -0.05) is 18.2 Å². The molecule has 0 radical (unpaired) electrons. The number of Topliss-reactive ketones (excluding diaryl/α,β-unsaturated/α-hetero) is 1. The number of hydrogen-bond acceptors (Lipinski definition) is 6. The number of benzene rings is 1. The lowest BCUT2D eigenvalue weighted by Crippen LogP contribution is -2.36. The molecule has 0 saturated carbocycles. The van der Waals surface area contributed by atoms with Crippen LogP contribution in [0.1, 0.15) is 35.1 Å². The number of nitrogens with zero attached hydrogens (tertiary/aromatic N) is 2. The van der Waals surface area contributed by atoms with E-state index in [9.17, 15) is 14.7 Å². The maximum atomic E-state index is 13.1. The molecule has 2 aromatic rings. The normalized spacial score (nSPS) is 17.0. The average molecular weight is 415 g/mol. The molecule has 1 aromatic carbocycles. The van der Waals surface area contributed by atoms with Crippen molar-refractivity contribution in [3.8, 4) is 5.75 Å². The number of amides is 1. The Balaban J connectivity index is 2.00. The van der Waals surface area contributed by atoms with Crippen LogP contribution in [0.4, 0.5) is 0 Å². The van der Waals surface area contributed by atoms with Crippen molar-refractivity contribution >= 4 is 23.0 Å². The highest BCUT2D eigenvalue weighted by Gasteiger charge is 2.43. The maximum Gasteiger partial charge on any atom is 0.290 e. The molecule has 3 rings (SSSR count). The van der Waals surface area contributed by atoms with Crippen LogP contribution in [0.2, 0.25) is 0 Å². The van der Waals surface area contributed by atoms with Gasteiger partial charge >= 0.3 is 0 Å². The van der Waals surface area contributed by atoms with Gasteiger partial charge in [0, 0.05) is 13.1 Å². The van der Waals surface area contributed by atoms with E-state index in [-0.39, 0.29) is 17.5 Å². The minimum atomic E-state index is -0.634. The van der Waals surface area contributed by atoms with Crippen molar-refractivity contribution in [2.45, 2.75) is 26.0 Å². The zero-order valence-electron chi connectivity index (χ0n) is 17.1. The van der Waals surface area contributed by atoms with Crippen molar-refractivity contribution in [1.29, 1.82) is 0 Å². The molecule has 1 N–H and O–H groups in total. The number of carbonyl (C=O) groups excluding carboxylic acids is 2. The third kappa shape index (κ3) is 4.52.